The summed E-state index contributed by atoms with van der Waals surface area (Å²) in [6.45, 7) is 4.00. The number of nitrogens with one attached hydrogen (secondary N) is 1. The highest BCUT2D eigenvalue weighted by molar-refractivity contribution is 7.80. The fourth-order valence-electron chi connectivity index (χ4n) is 3.15. The lowest BCUT2D eigenvalue weighted by atomic mass is 9.86. The zero-order valence-corrected chi connectivity index (χ0v) is 12.5. The molecule has 5 heteroatoms. The molecule has 1 amide bonds. The molecule has 1 aliphatic heterocycles. The van der Waals surface area contributed by atoms with Gasteiger partial charge in [0.2, 0.25) is 5.91 Å². The molecule has 0 radical (unpaired) electrons. The molecule has 0 aromatic heterocycles. The van der Waals surface area contributed by atoms with Crippen LogP contribution in [0.3, 0.4) is 0 Å². The van der Waals surface area contributed by atoms with E-state index in [1.807, 2.05) is 0 Å². The van der Waals surface area contributed by atoms with Gasteiger partial charge in [0.05, 0.1) is 0 Å². The molecule has 1 heterocycles. The molecule has 2 fully saturated rings. The lowest BCUT2D eigenvalue weighted by Gasteiger charge is -2.37. The Morgan fingerprint density at radius 3 is 2.42 bits per heavy atom. The molecule has 1 saturated heterocycles. The van der Waals surface area contributed by atoms with Crippen LogP contribution in [0.4, 0.5) is 0 Å². The minimum atomic E-state index is -0.167. The maximum atomic E-state index is 11.1. The highest BCUT2D eigenvalue weighted by atomic mass is 32.1. The molecule has 0 aromatic carbocycles. The average Bonchev–Trinajstić information content (AvgIpc) is 2.41. The Morgan fingerprint density at radius 2 is 1.84 bits per heavy atom. The van der Waals surface area contributed by atoms with Gasteiger partial charge in [-0.3, -0.25) is 4.79 Å². The van der Waals surface area contributed by atoms with Crippen molar-refractivity contribution in [1.82, 2.24) is 10.2 Å². The molecular formula is C14H25N3OS. The third-order valence-electron chi connectivity index (χ3n) is 4.60. The number of amides is 1. The largest absolute Gasteiger partial charge is 0.369 e. The molecule has 2 rings (SSSR count). The lowest BCUT2D eigenvalue weighted by molar-refractivity contribution is -0.122. The van der Waals surface area contributed by atoms with Crippen LogP contribution >= 0.6 is 12.2 Å². The van der Waals surface area contributed by atoms with Crippen LogP contribution < -0.4 is 11.1 Å². The van der Waals surface area contributed by atoms with E-state index in [0.29, 0.717) is 12.0 Å². The van der Waals surface area contributed by atoms with E-state index in [4.69, 9.17) is 18.0 Å². The summed E-state index contributed by atoms with van der Waals surface area (Å²) in [7, 11) is 0. The standard InChI is InChI=1S/C14H25N3OS/c1-10-4-2-3-5-12(10)16-14(19)17-8-6-11(7-9-17)13(15)18/h10-12H,2-9H2,1H3,(H2,15,18)(H,16,19)/t10-,12+/m0/s1. The van der Waals surface area contributed by atoms with Crippen LogP contribution in [0.5, 0.6) is 0 Å². The maximum absolute atomic E-state index is 11.1. The summed E-state index contributed by atoms with van der Waals surface area (Å²) in [5, 5.41) is 4.39. The summed E-state index contributed by atoms with van der Waals surface area (Å²) < 4.78 is 0. The third kappa shape index (κ3) is 3.81. The Balaban J connectivity index is 1.79. The van der Waals surface area contributed by atoms with Crippen LogP contribution in [-0.4, -0.2) is 35.1 Å². The Morgan fingerprint density at radius 1 is 1.21 bits per heavy atom. The van der Waals surface area contributed by atoms with E-state index < -0.39 is 0 Å². The minimum Gasteiger partial charge on any atom is -0.369 e. The molecule has 19 heavy (non-hydrogen) atoms. The Kier molecular flexibility index (Phi) is 5.02. The fraction of sp³-hybridized carbons (Fsp3) is 0.857. The Hall–Kier alpha value is -0.840. The number of nitrogens with zero attached hydrogens (tertiary/aromatic N) is 1. The molecule has 2 atom stereocenters. The minimum absolute atomic E-state index is 0.0349. The van der Waals surface area contributed by atoms with Crippen LogP contribution in [0.1, 0.15) is 45.4 Å². The third-order valence-corrected chi connectivity index (χ3v) is 4.98. The van der Waals surface area contributed by atoms with Gasteiger partial charge >= 0.3 is 0 Å². The molecule has 1 aliphatic carbocycles. The van der Waals surface area contributed by atoms with Gasteiger partial charge in [-0.15, -0.1) is 0 Å². The summed E-state index contributed by atoms with van der Waals surface area (Å²) in [5.74, 6) is 0.571. The first-order valence-corrected chi connectivity index (χ1v) is 7.83. The number of piperidine rings is 1. The van der Waals surface area contributed by atoms with Crippen molar-refractivity contribution in [1.29, 1.82) is 0 Å². The van der Waals surface area contributed by atoms with Gasteiger partial charge in [0.1, 0.15) is 0 Å². The van der Waals surface area contributed by atoms with Gasteiger partial charge in [0.25, 0.3) is 0 Å². The summed E-state index contributed by atoms with van der Waals surface area (Å²) in [5.41, 5.74) is 5.35. The molecule has 0 bridgehead atoms. The van der Waals surface area contributed by atoms with E-state index in [2.05, 4.69) is 17.1 Å². The predicted molar refractivity (Wildman–Crippen MR) is 80.6 cm³/mol. The fourth-order valence-corrected chi connectivity index (χ4v) is 3.48. The van der Waals surface area contributed by atoms with Crippen LogP contribution in [0.2, 0.25) is 0 Å². The van der Waals surface area contributed by atoms with Crippen molar-refractivity contribution >= 4 is 23.2 Å². The van der Waals surface area contributed by atoms with Crippen LogP contribution in [-0.2, 0) is 4.79 Å². The summed E-state index contributed by atoms with van der Waals surface area (Å²) >= 11 is 5.51. The van der Waals surface area contributed by atoms with Gasteiger partial charge in [-0.25, -0.2) is 0 Å². The van der Waals surface area contributed by atoms with Gasteiger partial charge in [-0.05, 0) is 43.8 Å². The second-order valence-corrected chi connectivity index (χ2v) is 6.37. The topological polar surface area (TPSA) is 58.4 Å². The zero-order valence-electron chi connectivity index (χ0n) is 11.7. The molecule has 0 unspecified atom stereocenters. The number of primary amides is 1. The number of carbonyl (C=O) groups is 1. The van der Waals surface area contributed by atoms with Gasteiger partial charge < -0.3 is 16.0 Å². The van der Waals surface area contributed by atoms with Crippen molar-refractivity contribution in [3.05, 3.63) is 0 Å². The molecule has 3 N–H and O–H groups in total. The maximum Gasteiger partial charge on any atom is 0.220 e. The van der Waals surface area contributed by atoms with Crippen molar-refractivity contribution in [2.24, 2.45) is 17.6 Å². The van der Waals surface area contributed by atoms with E-state index >= 15 is 0 Å². The second-order valence-electron chi connectivity index (χ2n) is 5.98. The number of hydrogen-bond acceptors (Lipinski definition) is 2. The highest BCUT2D eigenvalue weighted by Gasteiger charge is 2.27. The second kappa shape index (κ2) is 6.55. The molecule has 0 aromatic rings. The first-order chi connectivity index (χ1) is 9.08. The van der Waals surface area contributed by atoms with Crippen molar-refractivity contribution < 1.29 is 4.79 Å². The van der Waals surface area contributed by atoms with Gasteiger partial charge in [0, 0.05) is 25.0 Å². The smallest absolute Gasteiger partial charge is 0.220 e. The van der Waals surface area contributed by atoms with Gasteiger partial charge in [0.15, 0.2) is 5.11 Å². The number of carbonyl (C=O) groups excluding carboxylic acids is 1. The zero-order chi connectivity index (χ0) is 13.8. The van der Waals surface area contributed by atoms with Crippen molar-refractivity contribution in [3.8, 4) is 0 Å². The molecule has 108 valence electrons. The van der Waals surface area contributed by atoms with E-state index in [0.717, 1.165) is 31.0 Å². The number of thiocarbonyl (C=S) groups is 1. The first-order valence-electron chi connectivity index (χ1n) is 7.42. The Bertz CT molecular complexity index is 340. The Labute approximate surface area is 121 Å². The number of rotatable bonds is 2. The quantitative estimate of drug-likeness (QED) is 0.756. The average molecular weight is 283 g/mol. The lowest BCUT2D eigenvalue weighted by Crippen LogP contribution is -2.50. The van der Waals surface area contributed by atoms with E-state index in [1.165, 1.54) is 25.7 Å². The van der Waals surface area contributed by atoms with Crippen molar-refractivity contribution in [2.75, 3.05) is 13.1 Å². The van der Waals surface area contributed by atoms with Crippen LogP contribution in [0, 0.1) is 11.8 Å². The number of nitrogens with two attached hydrogens (primary N) is 1. The van der Waals surface area contributed by atoms with E-state index in [9.17, 15) is 4.79 Å². The number of likely N-dealkylation sites (tertiary alicyclic amines) is 1. The van der Waals surface area contributed by atoms with Crippen LogP contribution in [0.25, 0.3) is 0 Å². The SMILES string of the molecule is C[C@H]1CCCC[C@H]1NC(=S)N1CCC(C(N)=O)CC1. The summed E-state index contributed by atoms with van der Waals surface area (Å²) in [6.07, 6.45) is 6.82. The molecule has 1 saturated carbocycles. The summed E-state index contributed by atoms with van der Waals surface area (Å²) in [4.78, 5) is 13.3. The molecular weight excluding hydrogens is 258 g/mol. The molecule has 0 spiro atoms. The van der Waals surface area contributed by atoms with Gasteiger partial charge in [-0.2, -0.15) is 0 Å². The van der Waals surface area contributed by atoms with Crippen LogP contribution in [0.15, 0.2) is 0 Å². The highest BCUT2D eigenvalue weighted by Crippen LogP contribution is 2.24. The normalized spacial score (nSPS) is 29.0. The monoisotopic (exact) mass is 283 g/mol. The van der Waals surface area contributed by atoms with Crippen molar-refractivity contribution in [2.45, 2.75) is 51.5 Å². The first kappa shape index (κ1) is 14.6. The molecule has 4 nitrogen and oxygen atoms in total. The van der Waals surface area contributed by atoms with E-state index in [-0.39, 0.29) is 11.8 Å². The number of hydrogen-bond donors (Lipinski definition) is 2. The molecule has 2 aliphatic rings. The van der Waals surface area contributed by atoms with E-state index in [1.54, 1.807) is 0 Å². The van der Waals surface area contributed by atoms with Crippen molar-refractivity contribution in [3.63, 3.8) is 0 Å². The predicted octanol–water partition coefficient (Wildman–Crippen LogP) is 1.64. The van der Waals surface area contributed by atoms with Gasteiger partial charge in [-0.1, -0.05) is 19.8 Å². The summed E-state index contributed by atoms with van der Waals surface area (Å²) in [6, 6.07) is 0.523.